The number of aliphatic hydroxyl groups is 1. The van der Waals surface area contributed by atoms with Crippen molar-refractivity contribution in [2.75, 3.05) is 33.0 Å². The minimum atomic E-state index is -3.40. The number of benzene rings is 1. The monoisotopic (exact) mass is 461 g/mol. The lowest BCUT2D eigenvalue weighted by Crippen LogP contribution is -2.50. The molecule has 1 N–H and O–H groups in total. The van der Waals surface area contributed by atoms with Gasteiger partial charge in [-0.2, -0.15) is 0 Å². The molecule has 0 saturated carbocycles. The molecule has 32 heavy (non-hydrogen) atoms. The Balaban J connectivity index is 2.06. The summed E-state index contributed by atoms with van der Waals surface area (Å²) in [5.74, 6) is -0.298. The normalized spacial score (nSPS) is 20.3. The molecular formula is C23H31N3O5S. The molecule has 0 aliphatic carbocycles. The maximum absolute atomic E-state index is 13.4. The van der Waals surface area contributed by atoms with Crippen molar-refractivity contribution >= 4 is 15.9 Å². The van der Waals surface area contributed by atoms with Crippen LogP contribution in [0.2, 0.25) is 0 Å². The molecule has 0 radical (unpaired) electrons. The molecule has 2 aromatic rings. The number of nitrogens with zero attached hydrogens (tertiary/aromatic N) is 3. The topological polar surface area (TPSA) is 100 Å². The van der Waals surface area contributed by atoms with Crippen molar-refractivity contribution in [2.24, 2.45) is 5.92 Å². The lowest BCUT2D eigenvalue weighted by atomic mass is 9.99. The zero-order valence-electron chi connectivity index (χ0n) is 19.1. The summed E-state index contributed by atoms with van der Waals surface area (Å²) in [5, 5.41) is 9.75. The fourth-order valence-corrected chi connectivity index (χ4v) is 4.03. The van der Waals surface area contributed by atoms with Crippen LogP contribution in [0, 0.1) is 12.8 Å². The third kappa shape index (κ3) is 5.28. The van der Waals surface area contributed by atoms with E-state index >= 15 is 0 Å². The predicted molar refractivity (Wildman–Crippen MR) is 123 cm³/mol. The van der Waals surface area contributed by atoms with Crippen LogP contribution in [0.15, 0.2) is 36.5 Å². The van der Waals surface area contributed by atoms with Gasteiger partial charge in [-0.05, 0) is 25.5 Å². The SMILES string of the molecule is Cc1ccc(-c2cnc3c(c2)C(=O)N([C@H](C)CO)C[C@H](C)[C@H](CN(C)S(C)(=O)=O)O3)cc1. The van der Waals surface area contributed by atoms with Crippen LogP contribution >= 0.6 is 0 Å². The van der Waals surface area contributed by atoms with Crippen molar-refractivity contribution in [3.8, 4) is 17.0 Å². The molecule has 0 fully saturated rings. The van der Waals surface area contributed by atoms with Gasteiger partial charge < -0.3 is 14.7 Å². The number of hydrogen-bond acceptors (Lipinski definition) is 6. The second-order valence-corrected chi connectivity index (χ2v) is 10.7. The Morgan fingerprint density at radius 1 is 1.28 bits per heavy atom. The van der Waals surface area contributed by atoms with E-state index in [1.807, 2.05) is 38.1 Å². The van der Waals surface area contributed by atoms with Gasteiger partial charge in [-0.15, -0.1) is 0 Å². The lowest BCUT2D eigenvalue weighted by Gasteiger charge is -2.37. The Labute approximate surface area is 189 Å². The van der Waals surface area contributed by atoms with E-state index < -0.39 is 22.2 Å². The summed E-state index contributed by atoms with van der Waals surface area (Å²) in [7, 11) is -1.90. The first-order valence-corrected chi connectivity index (χ1v) is 12.4. The van der Waals surface area contributed by atoms with E-state index in [9.17, 15) is 18.3 Å². The Bertz CT molecular complexity index is 1070. The smallest absolute Gasteiger partial charge is 0.259 e. The average molecular weight is 462 g/mol. The summed E-state index contributed by atoms with van der Waals surface area (Å²) in [5.41, 5.74) is 3.12. The molecular weight excluding hydrogens is 430 g/mol. The van der Waals surface area contributed by atoms with Crippen molar-refractivity contribution in [1.29, 1.82) is 0 Å². The van der Waals surface area contributed by atoms with E-state index in [4.69, 9.17) is 4.74 Å². The summed E-state index contributed by atoms with van der Waals surface area (Å²) in [4.78, 5) is 19.5. The fourth-order valence-electron chi connectivity index (χ4n) is 3.61. The zero-order valence-corrected chi connectivity index (χ0v) is 20.0. The van der Waals surface area contributed by atoms with E-state index in [2.05, 4.69) is 4.98 Å². The maximum atomic E-state index is 13.4. The van der Waals surface area contributed by atoms with E-state index in [-0.39, 0.29) is 30.9 Å². The minimum absolute atomic E-state index is 0.121. The second kappa shape index (κ2) is 9.56. The van der Waals surface area contributed by atoms with Crippen molar-refractivity contribution in [1.82, 2.24) is 14.2 Å². The first-order chi connectivity index (χ1) is 15.0. The third-order valence-electron chi connectivity index (χ3n) is 5.91. The molecule has 0 bridgehead atoms. The third-order valence-corrected chi connectivity index (χ3v) is 7.19. The molecule has 1 aromatic carbocycles. The highest BCUT2D eigenvalue weighted by molar-refractivity contribution is 7.88. The molecule has 1 aliphatic heterocycles. The van der Waals surface area contributed by atoms with Gasteiger partial charge in [0.1, 0.15) is 11.7 Å². The highest BCUT2D eigenvalue weighted by atomic mass is 32.2. The molecule has 1 amide bonds. The van der Waals surface area contributed by atoms with Gasteiger partial charge in [0, 0.05) is 31.3 Å². The Morgan fingerprint density at radius 2 is 1.94 bits per heavy atom. The maximum Gasteiger partial charge on any atom is 0.259 e. The zero-order chi connectivity index (χ0) is 23.6. The summed E-state index contributed by atoms with van der Waals surface area (Å²) in [6.45, 7) is 5.93. The number of likely N-dealkylation sites (N-methyl/N-ethyl adjacent to an activating group) is 1. The standard InChI is InChI=1S/C23H31N3O5S/c1-15-6-8-18(9-7-15)19-10-20-22(24-11-19)31-21(13-25(4)32(5,29)30)16(2)12-26(23(20)28)17(3)14-27/h6-11,16-17,21,27H,12-14H2,1-5H3/t16-,17+,21-/m0/s1. The van der Waals surface area contributed by atoms with E-state index in [0.717, 1.165) is 22.9 Å². The molecule has 2 heterocycles. The first kappa shape index (κ1) is 24.2. The number of pyridine rings is 1. The molecule has 3 atom stereocenters. The van der Waals surface area contributed by atoms with Crippen molar-refractivity contribution in [3.63, 3.8) is 0 Å². The van der Waals surface area contributed by atoms with Gasteiger partial charge in [0.25, 0.3) is 5.91 Å². The predicted octanol–water partition coefficient (Wildman–Crippen LogP) is 2.17. The molecule has 8 nitrogen and oxygen atoms in total. The molecule has 3 rings (SSSR count). The molecule has 1 aromatic heterocycles. The molecule has 0 unspecified atom stereocenters. The molecule has 0 saturated heterocycles. The van der Waals surface area contributed by atoms with Crippen LogP contribution in [0.1, 0.15) is 29.8 Å². The second-order valence-electron chi connectivity index (χ2n) is 8.61. The summed E-state index contributed by atoms with van der Waals surface area (Å²) in [6, 6.07) is 9.25. The van der Waals surface area contributed by atoms with Gasteiger partial charge in [-0.25, -0.2) is 17.7 Å². The van der Waals surface area contributed by atoms with Gasteiger partial charge in [-0.1, -0.05) is 36.8 Å². The number of aryl methyl sites for hydroxylation is 1. The van der Waals surface area contributed by atoms with Crippen LogP contribution in [-0.4, -0.2) is 78.8 Å². The van der Waals surface area contributed by atoms with Crippen LogP contribution in [0.25, 0.3) is 11.1 Å². The number of carbonyl (C=O) groups is 1. The summed E-state index contributed by atoms with van der Waals surface area (Å²) in [6.07, 6.45) is 2.28. The number of hydrogen-bond donors (Lipinski definition) is 1. The van der Waals surface area contributed by atoms with Gasteiger partial charge in [-0.3, -0.25) is 4.79 Å². The number of aliphatic hydroxyl groups excluding tert-OH is 1. The van der Waals surface area contributed by atoms with Gasteiger partial charge in [0.2, 0.25) is 15.9 Å². The first-order valence-electron chi connectivity index (χ1n) is 10.6. The quantitative estimate of drug-likeness (QED) is 0.708. The molecule has 1 aliphatic rings. The highest BCUT2D eigenvalue weighted by Crippen LogP contribution is 2.30. The molecule has 174 valence electrons. The molecule has 0 spiro atoms. The highest BCUT2D eigenvalue weighted by Gasteiger charge is 2.35. The Kier molecular flexibility index (Phi) is 7.22. The number of carbonyl (C=O) groups excluding carboxylic acids is 1. The number of fused-ring (bicyclic) bond motifs is 1. The van der Waals surface area contributed by atoms with E-state index in [1.54, 1.807) is 24.1 Å². The van der Waals surface area contributed by atoms with E-state index in [0.29, 0.717) is 12.1 Å². The van der Waals surface area contributed by atoms with Crippen molar-refractivity contribution < 1.29 is 23.1 Å². The van der Waals surface area contributed by atoms with Crippen LogP contribution in [0.4, 0.5) is 0 Å². The number of ether oxygens (including phenoxy) is 1. The van der Waals surface area contributed by atoms with Crippen molar-refractivity contribution in [3.05, 3.63) is 47.7 Å². The molecule has 9 heteroatoms. The van der Waals surface area contributed by atoms with Crippen molar-refractivity contribution in [2.45, 2.75) is 32.9 Å². The van der Waals surface area contributed by atoms with Crippen LogP contribution in [-0.2, 0) is 10.0 Å². The number of aromatic nitrogens is 1. The Morgan fingerprint density at radius 3 is 2.53 bits per heavy atom. The summed E-state index contributed by atoms with van der Waals surface area (Å²) < 4.78 is 31.3. The minimum Gasteiger partial charge on any atom is -0.472 e. The van der Waals surface area contributed by atoms with Gasteiger partial charge in [0.15, 0.2) is 0 Å². The average Bonchev–Trinajstić information content (AvgIpc) is 2.75. The number of rotatable bonds is 6. The van der Waals surface area contributed by atoms with E-state index in [1.165, 1.54) is 11.4 Å². The fraction of sp³-hybridized carbons (Fsp3) is 0.478. The number of sulfonamides is 1. The largest absolute Gasteiger partial charge is 0.472 e. The van der Waals surface area contributed by atoms with Crippen LogP contribution < -0.4 is 4.74 Å². The van der Waals surface area contributed by atoms with Gasteiger partial charge in [0.05, 0.1) is 25.4 Å². The number of amides is 1. The van der Waals surface area contributed by atoms with Crippen LogP contribution in [0.3, 0.4) is 0 Å². The Hall–Kier alpha value is -2.49. The lowest BCUT2D eigenvalue weighted by molar-refractivity contribution is 0.0374. The van der Waals surface area contributed by atoms with Gasteiger partial charge >= 0.3 is 0 Å². The van der Waals surface area contributed by atoms with Crippen LogP contribution in [0.5, 0.6) is 5.88 Å². The summed E-state index contributed by atoms with van der Waals surface area (Å²) >= 11 is 0.